The maximum atomic E-state index is 10.8. The molecule has 168 valence electrons. The number of ether oxygens (including phenoxy) is 4. The molecule has 9 heteroatoms. The van der Waals surface area contributed by atoms with Gasteiger partial charge in [-0.15, -0.1) is 11.3 Å². The first-order chi connectivity index (χ1) is 16.1. The van der Waals surface area contributed by atoms with Crippen molar-refractivity contribution in [2.75, 3.05) is 14.2 Å². The standard InChI is InChI=1S/C24H20N2O6S/c1-29-19-9-15(4-8-23(27)28)10-20(30-2)24(19)32-22-7-5-17(12-25-22)31-13-16-3-6-18-21(11-16)33-14-26-18/h3-12,14H,13H2,1-2H3,(H,27,28)/b8-4+. The molecular formula is C24H20N2O6S. The molecule has 0 aliphatic carbocycles. The topological polar surface area (TPSA) is 100 Å². The summed E-state index contributed by atoms with van der Waals surface area (Å²) in [4.78, 5) is 19.4. The van der Waals surface area contributed by atoms with Crippen LogP contribution in [0.3, 0.4) is 0 Å². The Morgan fingerprint density at radius 3 is 2.52 bits per heavy atom. The minimum Gasteiger partial charge on any atom is -0.493 e. The normalized spacial score (nSPS) is 11.0. The van der Waals surface area contributed by atoms with Crippen LogP contribution in [0.4, 0.5) is 0 Å². The second kappa shape index (κ2) is 10.0. The Morgan fingerprint density at radius 1 is 1.06 bits per heavy atom. The van der Waals surface area contributed by atoms with E-state index < -0.39 is 5.97 Å². The predicted molar refractivity (Wildman–Crippen MR) is 124 cm³/mol. The van der Waals surface area contributed by atoms with Crippen molar-refractivity contribution in [3.05, 3.63) is 71.4 Å². The van der Waals surface area contributed by atoms with E-state index >= 15 is 0 Å². The van der Waals surface area contributed by atoms with E-state index in [1.165, 1.54) is 20.3 Å². The summed E-state index contributed by atoms with van der Waals surface area (Å²) in [5.74, 6) is 0.939. The Bertz CT molecular complexity index is 1280. The van der Waals surface area contributed by atoms with E-state index in [4.69, 9.17) is 24.1 Å². The lowest BCUT2D eigenvalue weighted by Gasteiger charge is -2.15. The first kappa shape index (κ1) is 22.1. The molecule has 4 rings (SSSR count). The monoisotopic (exact) mass is 464 g/mol. The van der Waals surface area contributed by atoms with Crippen LogP contribution in [-0.4, -0.2) is 35.3 Å². The van der Waals surface area contributed by atoms with Crippen molar-refractivity contribution in [2.45, 2.75) is 6.61 Å². The zero-order valence-corrected chi connectivity index (χ0v) is 18.7. The second-order valence-electron chi connectivity index (χ2n) is 6.80. The first-order valence-corrected chi connectivity index (χ1v) is 10.7. The molecule has 33 heavy (non-hydrogen) atoms. The van der Waals surface area contributed by atoms with Crippen LogP contribution in [0.1, 0.15) is 11.1 Å². The van der Waals surface area contributed by atoms with Crippen molar-refractivity contribution in [2.24, 2.45) is 0 Å². The number of hydrogen-bond donors (Lipinski definition) is 1. The Morgan fingerprint density at radius 2 is 1.85 bits per heavy atom. The summed E-state index contributed by atoms with van der Waals surface area (Å²) in [5.41, 5.74) is 4.43. The number of methoxy groups -OCH3 is 2. The fourth-order valence-electron chi connectivity index (χ4n) is 3.04. The number of nitrogens with zero attached hydrogens (tertiary/aromatic N) is 2. The zero-order chi connectivity index (χ0) is 23.2. The summed E-state index contributed by atoms with van der Waals surface area (Å²) < 4.78 is 23.7. The van der Waals surface area contributed by atoms with Crippen LogP contribution in [0.5, 0.6) is 28.9 Å². The van der Waals surface area contributed by atoms with Crippen LogP contribution in [0.2, 0.25) is 0 Å². The molecule has 0 atom stereocenters. The summed E-state index contributed by atoms with van der Waals surface area (Å²) in [6.07, 6.45) is 4.04. The molecule has 8 nitrogen and oxygen atoms in total. The van der Waals surface area contributed by atoms with Crippen molar-refractivity contribution < 1.29 is 28.8 Å². The molecule has 0 saturated heterocycles. The van der Waals surface area contributed by atoms with Gasteiger partial charge >= 0.3 is 5.97 Å². The number of benzene rings is 2. The van der Waals surface area contributed by atoms with Gasteiger partial charge in [-0.2, -0.15) is 0 Å². The number of carbonyl (C=O) groups is 1. The summed E-state index contributed by atoms with van der Waals surface area (Å²) in [6, 6.07) is 12.8. The SMILES string of the molecule is COc1cc(/C=C/C(=O)O)cc(OC)c1Oc1ccc(OCc2ccc3ncsc3c2)cn1. The molecular weight excluding hydrogens is 444 g/mol. The second-order valence-corrected chi connectivity index (χ2v) is 7.69. The van der Waals surface area contributed by atoms with Gasteiger partial charge in [-0.1, -0.05) is 6.07 Å². The molecule has 1 N–H and O–H groups in total. The van der Waals surface area contributed by atoms with Crippen molar-refractivity contribution in [1.82, 2.24) is 9.97 Å². The van der Waals surface area contributed by atoms with Crippen LogP contribution < -0.4 is 18.9 Å². The average Bonchev–Trinajstić information content (AvgIpc) is 3.30. The van der Waals surface area contributed by atoms with Gasteiger partial charge in [-0.25, -0.2) is 14.8 Å². The van der Waals surface area contributed by atoms with Gasteiger partial charge in [0.25, 0.3) is 0 Å². The highest BCUT2D eigenvalue weighted by atomic mass is 32.1. The number of hydrogen-bond acceptors (Lipinski definition) is 8. The van der Waals surface area contributed by atoms with Gasteiger partial charge < -0.3 is 24.1 Å². The molecule has 0 bridgehead atoms. The van der Waals surface area contributed by atoms with Crippen LogP contribution >= 0.6 is 11.3 Å². The van der Waals surface area contributed by atoms with Gasteiger partial charge in [0.2, 0.25) is 11.6 Å². The van der Waals surface area contributed by atoms with E-state index in [1.54, 1.807) is 41.8 Å². The number of thiazole rings is 1. The number of aromatic nitrogens is 2. The molecule has 0 unspecified atom stereocenters. The van der Waals surface area contributed by atoms with Gasteiger partial charge in [-0.3, -0.25) is 0 Å². The van der Waals surface area contributed by atoms with Crippen LogP contribution in [-0.2, 0) is 11.4 Å². The van der Waals surface area contributed by atoms with Gasteiger partial charge in [0.1, 0.15) is 12.4 Å². The van der Waals surface area contributed by atoms with Crippen molar-refractivity contribution in [3.8, 4) is 28.9 Å². The number of carboxylic acid groups (broad SMARTS) is 1. The smallest absolute Gasteiger partial charge is 0.328 e. The molecule has 4 aromatic rings. The maximum Gasteiger partial charge on any atom is 0.328 e. The van der Waals surface area contributed by atoms with E-state index in [0.29, 0.717) is 41.0 Å². The lowest BCUT2D eigenvalue weighted by molar-refractivity contribution is -0.131. The Kier molecular flexibility index (Phi) is 6.70. The minimum atomic E-state index is -1.05. The summed E-state index contributed by atoms with van der Waals surface area (Å²) in [7, 11) is 2.97. The summed E-state index contributed by atoms with van der Waals surface area (Å²) >= 11 is 1.59. The predicted octanol–water partition coefficient (Wildman–Crippen LogP) is 5.18. The minimum absolute atomic E-state index is 0.318. The molecule has 0 spiro atoms. The van der Waals surface area contributed by atoms with Gasteiger partial charge in [0.15, 0.2) is 11.5 Å². The Hall–Kier alpha value is -4.11. The third kappa shape index (κ3) is 5.39. The highest BCUT2D eigenvalue weighted by Crippen LogP contribution is 2.41. The van der Waals surface area contributed by atoms with E-state index in [-0.39, 0.29) is 0 Å². The Balaban J connectivity index is 1.47. The number of aliphatic carboxylic acids is 1. The third-order valence-corrected chi connectivity index (χ3v) is 5.41. The van der Waals surface area contributed by atoms with Crippen molar-refractivity contribution in [3.63, 3.8) is 0 Å². The highest BCUT2D eigenvalue weighted by Gasteiger charge is 2.15. The largest absolute Gasteiger partial charge is 0.493 e. The van der Waals surface area contributed by atoms with E-state index in [2.05, 4.69) is 16.0 Å². The molecule has 2 heterocycles. The third-order valence-electron chi connectivity index (χ3n) is 4.62. The molecule has 2 aromatic heterocycles. The summed E-state index contributed by atoms with van der Waals surface area (Å²) in [5, 5.41) is 8.84. The fourth-order valence-corrected chi connectivity index (χ4v) is 3.78. The molecule has 0 radical (unpaired) electrons. The number of pyridine rings is 1. The van der Waals surface area contributed by atoms with E-state index in [9.17, 15) is 4.79 Å². The molecule has 0 aliphatic rings. The van der Waals surface area contributed by atoms with Gasteiger partial charge in [0.05, 0.1) is 36.1 Å². The maximum absolute atomic E-state index is 10.8. The van der Waals surface area contributed by atoms with Gasteiger partial charge in [-0.05, 0) is 47.5 Å². The van der Waals surface area contributed by atoms with Gasteiger partial charge in [0, 0.05) is 12.1 Å². The fraction of sp³-hybridized carbons (Fsp3) is 0.125. The van der Waals surface area contributed by atoms with Crippen LogP contribution in [0.25, 0.3) is 16.3 Å². The highest BCUT2D eigenvalue weighted by molar-refractivity contribution is 7.16. The van der Waals surface area contributed by atoms with Crippen molar-refractivity contribution >= 4 is 33.6 Å². The van der Waals surface area contributed by atoms with Crippen LogP contribution in [0, 0.1) is 0 Å². The van der Waals surface area contributed by atoms with E-state index in [1.807, 2.05) is 17.6 Å². The quantitative estimate of drug-likeness (QED) is 0.338. The molecule has 0 aliphatic heterocycles. The molecule has 2 aromatic carbocycles. The number of fused-ring (bicyclic) bond motifs is 1. The molecule has 0 fully saturated rings. The molecule has 0 saturated carbocycles. The Labute approximate surface area is 193 Å². The lowest BCUT2D eigenvalue weighted by atomic mass is 10.1. The number of carboxylic acids is 1. The first-order valence-electron chi connectivity index (χ1n) is 9.81. The number of rotatable bonds is 9. The lowest BCUT2D eigenvalue weighted by Crippen LogP contribution is -1.98. The van der Waals surface area contributed by atoms with Crippen LogP contribution in [0.15, 0.2) is 60.2 Å². The summed E-state index contributed by atoms with van der Waals surface area (Å²) in [6.45, 7) is 0.405. The zero-order valence-electron chi connectivity index (χ0n) is 17.8. The molecule has 0 amide bonds. The van der Waals surface area contributed by atoms with E-state index in [0.717, 1.165) is 21.9 Å². The average molecular weight is 464 g/mol. The van der Waals surface area contributed by atoms with Crippen molar-refractivity contribution in [1.29, 1.82) is 0 Å².